The first kappa shape index (κ1) is 82.3. The molecule has 13 heteroatoms. The van der Waals surface area contributed by atoms with Crippen molar-refractivity contribution in [2.24, 2.45) is 0 Å². The summed E-state index contributed by atoms with van der Waals surface area (Å²) in [6.45, 7) is 64.4. The first-order valence-corrected chi connectivity index (χ1v) is 32.3. The molecule has 9 rings (SSSR count). The molecule has 0 atom stereocenters. The molecule has 2 N–H and O–H groups in total. The predicted octanol–water partition coefficient (Wildman–Crippen LogP) is 20.2. The maximum Gasteiger partial charge on any atom is 0.133 e. The summed E-state index contributed by atoms with van der Waals surface area (Å²) in [6, 6.07) is 32.5. The standard InChI is InChI=1S/C10H16N2.3C10H15N.C9H13N.C8H12N2.C8H13N.2C7H12N2/c1-10(2,3)8-5-6-9(11-4)12-7-8;2*1-8-5-6-9(7-11-8)10(2,3)4;1-8-6-5-7-9(11-8)10(2,3)4;1-9(2,3)8-6-4-5-7-10-8;1-8(2,3)7-9-5-4-6-10-7;1-8(2,3)9-6-4-5-7-9;1-7(2,3)6-8-4-5-9-6;1-7(2,3)9-6-4-5-8-9/h5-7H,1-4H3,(H,11,12);3*5-7H,1-4H3;4-7H,1-3H3;4-6H,1-3H3;4-7H,1-3H3;4-5H,1-3H3,(H,8,9);4-6H,1-3H3. The molecule has 92 heavy (non-hydrogen) atoms. The quantitative estimate of drug-likeness (QED) is 0.162. The van der Waals surface area contributed by atoms with Gasteiger partial charge in [-0.2, -0.15) is 5.10 Å². The number of rotatable bonds is 1. The number of pyridine rings is 5. The van der Waals surface area contributed by atoms with Gasteiger partial charge >= 0.3 is 0 Å². The third kappa shape index (κ3) is 34.7. The van der Waals surface area contributed by atoms with E-state index in [9.17, 15) is 0 Å². The summed E-state index contributed by atoms with van der Waals surface area (Å²) in [5.74, 6) is 2.86. The molecule has 0 bridgehead atoms. The Morgan fingerprint density at radius 1 is 0.348 bits per heavy atom. The van der Waals surface area contributed by atoms with Crippen molar-refractivity contribution in [3.05, 3.63) is 228 Å². The number of anilines is 1. The average Bonchev–Trinajstić information content (AvgIpc) is 2.08. The minimum Gasteiger partial charge on any atom is -0.373 e. The summed E-state index contributed by atoms with van der Waals surface area (Å²) in [7, 11) is 1.87. The van der Waals surface area contributed by atoms with Crippen molar-refractivity contribution in [3.63, 3.8) is 0 Å². The van der Waals surface area contributed by atoms with Gasteiger partial charge in [0, 0.05) is 137 Å². The SMILES string of the molecule is CC(C)(C)c1ccccn1.CC(C)(C)c1ncc[nH]1.CC(C)(C)c1ncccn1.CC(C)(C)n1cccc1.CC(C)(C)n1cccn1.CNc1ccc(C(C)(C)C)cn1.Cc1ccc(C(C)(C)C)cn1.Cc1ccc(C(C)(C)C)cn1.Cc1cccc(C(C)(C)C)n1. The van der Waals surface area contributed by atoms with Gasteiger partial charge in [0.25, 0.3) is 0 Å². The number of aromatic nitrogens is 12. The number of hydrogen-bond donors (Lipinski definition) is 2. The van der Waals surface area contributed by atoms with Gasteiger partial charge in [0.2, 0.25) is 0 Å². The lowest BCUT2D eigenvalue weighted by Crippen LogP contribution is -2.21. The molecule has 0 saturated carbocycles. The lowest BCUT2D eigenvalue weighted by atomic mass is 9.88. The first-order chi connectivity index (χ1) is 42.1. The molecule has 0 aromatic carbocycles. The highest BCUT2D eigenvalue weighted by Crippen LogP contribution is 2.25. The Labute approximate surface area is 559 Å². The van der Waals surface area contributed by atoms with Crippen LogP contribution in [-0.2, 0) is 49.0 Å². The van der Waals surface area contributed by atoms with Crippen molar-refractivity contribution in [3.8, 4) is 0 Å². The van der Waals surface area contributed by atoms with Crippen molar-refractivity contribution in [1.29, 1.82) is 0 Å². The molecule has 0 spiro atoms. The van der Waals surface area contributed by atoms with Gasteiger partial charge in [-0.25, -0.2) is 19.9 Å². The Balaban J connectivity index is 0.000000518. The minimum atomic E-state index is 0.0707. The monoisotopic (exact) mass is 1250 g/mol. The van der Waals surface area contributed by atoms with Crippen LogP contribution in [0.2, 0.25) is 0 Å². The van der Waals surface area contributed by atoms with Crippen LogP contribution in [0.25, 0.3) is 0 Å². The largest absolute Gasteiger partial charge is 0.373 e. The van der Waals surface area contributed by atoms with E-state index in [0.717, 1.165) is 45.9 Å². The van der Waals surface area contributed by atoms with Gasteiger partial charge in [-0.05, 0) is 162 Å². The number of H-pyrrole nitrogens is 1. The van der Waals surface area contributed by atoms with Crippen molar-refractivity contribution in [2.45, 2.75) is 257 Å². The Kier molecular flexibility index (Phi) is 32.7. The molecule has 9 aromatic heterocycles. The molecule has 0 fully saturated rings. The highest BCUT2D eigenvalue weighted by molar-refractivity contribution is 5.36. The summed E-state index contributed by atoms with van der Waals surface area (Å²) in [6.07, 6.45) is 22.8. The minimum absolute atomic E-state index is 0.0707. The number of aryl methyl sites for hydroxylation is 3. The molecule has 0 aliphatic rings. The van der Waals surface area contributed by atoms with Gasteiger partial charge < -0.3 is 14.9 Å². The first-order valence-electron chi connectivity index (χ1n) is 32.3. The van der Waals surface area contributed by atoms with Crippen molar-refractivity contribution >= 4 is 5.82 Å². The third-order valence-corrected chi connectivity index (χ3v) is 13.5. The third-order valence-electron chi connectivity index (χ3n) is 13.5. The number of aromatic amines is 1. The topological polar surface area (TPSA) is 154 Å². The second-order valence-corrected chi connectivity index (χ2v) is 32.1. The summed E-state index contributed by atoms with van der Waals surface area (Å²) >= 11 is 0. The van der Waals surface area contributed by atoms with E-state index in [1.807, 2.05) is 118 Å². The van der Waals surface area contributed by atoms with E-state index in [0.29, 0.717) is 0 Å². The fourth-order valence-electron chi connectivity index (χ4n) is 7.38. The van der Waals surface area contributed by atoms with E-state index in [1.54, 1.807) is 24.8 Å². The predicted molar refractivity (Wildman–Crippen MR) is 393 cm³/mol. The van der Waals surface area contributed by atoms with E-state index >= 15 is 0 Å². The second-order valence-electron chi connectivity index (χ2n) is 32.1. The molecular weight excluding hydrogens is 1130 g/mol. The Morgan fingerprint density at radius 2 is 0.815 bits per heavy atom. The van der Waals surface area contributed by atoms with E-state index in [1.165, 1.54) is 16.7 Å². The molecule has 0 unspecified atom stereocenters. The smallest absolute Gasteiger partial charge is 0.133 e. The zero-order valence-electron chi connectivity index (χ0n) is 63.1. The zero-order chi connectivity index (χ0) is 70.6. The fourth-order valence-corrected chi connectivity index (χ4v) is 7.38. The lowest BCUT2D eigenvalue weighted by Gasteiger charge is -2.20. The maximum absolute atomic E-state index is 4.44. The Hall–Kier alpha value is -7.67. The summed E-state index contributed by atoms with van der Waals surface area (Å²) < 4.78 is 4.12. The van der Waals surface area contributed by atoms with Crippen molar-refractivity contribution in [1.82, 2.24) is 59.2 Å². The fraction of sp³-hybridized carbons (Fsp3) is 0.506. The Bertz CT molecular complexity index is 3080. The van der Waals surface area contributed by atoms with Crippen LogP contribution in [-0.4, -0.2) is 66.3 Å². The van der Waals surface area contributed by atoms with E-state index in [4.69, 9.17) is 0 Å². The number of imidazole rings is 1. The highest BCUT2D eigenvalue weighted by Gasteiger charge is 2.19. The molecule has 0 aliphatic heterocycles. The molecule has 0 aliphatic carbocycles. The van der Waals surface area contributed by atoms with Crippen LogP contribution >= 0.6 is 0 Å². The van der Waals surface area contributed by atoms with Gasteiger partial charge in [0.15, 0.2) is 0 Å². The van der Waals surface area contributed by atoms with E-state index < -0.39 is 0 Å². The molecule has 13 nitrogen and oxygen atoms in total. The highest BCUT2D eigenvalue weighted by atomic mass is 15.3. The molecule has 0 amide bonds. The number of hydrogen-bond acceptors (Lipinski definition) is 10. The van der Waals surface area contributed by atoms with Crippen LogP contribution in [0.3, 0.4) is 0 Å². The van der Waals surface area contributed by atoms with Crippen LogP contribution in [0.5, 0.6) is 0 Å². The summed E-state index contributed by atoms with van der Waals surface area (Å²) in [4.78, 5) is 36.9. The van der Waals surface area contributed by atoms with E-state index in [2.05, 4.69) is 308 Å². The molecule has 9 aromatic rings. The van der Waals surface area contributed by atoms with E-state index in [-0.39, 0.29) is 49.0 Å². The van der Waals surface area contributed by atoms with Crippen molar-refractivity contribution in [2.75, 3.05) is 12.4 Å². The molecule has 504 valence electrons. The summed E-state index contributed by atoms with van der Waals surface area (Å²) in [5.41, 5.74) is 11.0. The van der Waals surface area contributed by atoms with Gasteiger partial charge in [-0.1, -0.05) is 176 Å². The van der Waals surface area contributed by atoms with Crippen LogP contribution in [0.4, 0.5) is 5.82 Å². The molecular formula is C79H123N13. The normalized spacial score (nSPS) is 11.6. The van der Waals surface area contributed by atoms with Crippen LogP contribution in [0.1, 0.15) is 244 Å². The van der Waals surface area contributed by atoms with Crippen LogP contribution in [0.15, 0.2) is 171 Å². The molecule has 0 radical (unpaired) electrons. The molecule has 0 saturated heterocycles. The second kappa shape index (κ2) is 36.5. The van der Waals surface area contributed by atoms with Gasteiger partial charge in [0.1, 0.15) is 17.5 Å². The van der Waals surface area contributed by atoms with Gasteiger partial charge in [-0.3, -0.25) is 24.6 Å². The number of nitrogens with one attached hydrogen (secondary N) is 2. The van der Waals surface area contributed by atoms with Gasteiger partial charge in [0.05, 0.1) is 5.54 Å². The maximum atomic E-state index is 4.44. The van der Waals surface area contributed by atoms with Crippen LogP contribution < -0.4 is 5.32 Å². The summed E-state index contributed by atoms with van der Waals surface area (Å²) in [5, 5.41) is 7.10. The zero-order valence-corrected chi connectivity index (χ0v) is 63.1. The van der Waals surface area contributed by atoms with Crippen molar-refractivity contribution < 1.29 is 0 Å². The van der Waals surface area contributed by atoms with Crippen LogP contribution in [0, 0.1) is 20.8 Å². The Morgan fingerprint density at radius 3 is 1.07 bits per heavy atom. The average molecular weight is 1250 g/mol. The molecule has 9 heterocycles. The number of nitrogens with zero attached hydrogens (tertiary/aromatic N) is 11. The lowest BCUT2D eigenvalue weighted by molar-refractivity contribution is 0.355. The van der Waals surface area contributed by atoms with Gasteiger partial charge in [-0.15, -0.1) is 0 Å².